The third-order valence-corrected chi connectivity index (χ3v) is 7.54. The maximum atomic E-state index is 14.2. The van der Waals surface area contributed by atoms with Crippen LogP contribution in [0.4, 0.5) is 24.5 Å². The minimum Gasteiger partial charge on any atom is -0.497 e. The topological polar surface area (TPSA) is 86.3 Å². The lowest BCUT2D eigenvalue weighted by atomic mass is 9.78. The summed E-state index contributed by atoms with van der Waals surface area (Å²) in [5.41, 5.74) is 1.79. The van der Waals surface area contributed by atoms with Crippen molar-refractivity contribution in [1.82, 2.24) is 0 Å². The van der Waals surface area contributed by atoms with E-state index in [2.05, 4.69) is 5.32 Å². The average molecular weight is 583 g/mol. The van der Waals surface area contributed by atoms with Gasteiger partial charge in [-0.2, -0.15) is 13.2 Å². The number of Topliss-reactive ketones (excluding diaryl/α,β-unsaturated/α-hetero) is 1. The zero-order valence-electron chi connectivity index (χ0n) is 23.4. The van der Waals surface area contributed by atoms with Crippen molar-refractivity contribution >= 4 is 23.1 Å². The van der Waals surface area contributed by atoms with Crippen molar-refractivity contribution in [3.8, 4) is 23.0 Å². The highest BCUT2D eigenvalue weighted by atomic mass is 19.4. The molecule has 220 valence electrons. The van der Waals surface area contributed by atoms with Gasteiger partial charge in [0.2, 0.25) is 5.75 Å². The van der Waals surface area contributed by atoms with Crippen LogP contribution >= 0.6 is 0 Å². The van der Waals surface area contributed by atoms with E-state index < -0.39 is 23.9 Å². The highest BCUT2D eigenvalue weighted by Gasteiger charge is 2.50. The van der Waals surface area contributed by atoms with E-state index in [9.17, 15) is 22.8 Å². The van der Waals surface area contributed by atoms with Crippen molar-refractivity contribution in [1.29, 1.82) is 0 Å². The van der Waals surface area contributed by atoms with Crippen LogP contribution < -0.4 is 29.2 Å². The molecule has 0 saturated carbocycles. The first-order valence-corrected chi connectivity index (χ1v) is 13.1. The van der Waals surface area contributed by atoms with Gasteiger partial charge in [0.05, 0.1) is 45.9 Å². The molecule has 11 heteroatoms. The molecule has 3 aromatic rings. The van der Waals surface area contributed by atoms with Gasteiger partial charge in [-0.1, -0.05) is 24.3 Å². The van der Waals surface area contributed by atoms with Crippen molar-refractivity contribution < 1.29 is 41.7 Å². The molecule has 3 aromatic carbocycles. The number of carbonyl (C=O) groups is 2. The van der Waals surface area contributed by atoms with Crippen LogP contribution in [0.1, 0.15) is 35.9 Å². The normalized spacial score (nSPS) is 18.4. The number of ketones is 1. The highest BCUT2D eigenvalue weighted by molar-refractivity contribution is 6.07. The number of nitrogens with one attached hydrogen (secondary N) is 1. The Balaban J connectivity index is 1.76. The molecule has 42 heavy (non-hydrogen) atoms. The van der Waals surface area contributed by atoms with Crippen LogP contribution in [0, 0.1) is 0 Å². The Bertz CT molecular complexity index is 1530. The van der Waals surface area contributed by atoms with Crippen molar-refractivity contribution in [3.63, 3.8) is 0 Å². The summed E-state index contributed by atoms with van der Waals surface area (Å²) in [5.74, 6) is -1.56. The Kier molecular flexibility index (Phi) is 7.77. The minimum absolute atomic E-state index is 0.0260. The molecular weight excluding hydrogens is 553 g/mol. The number of carbonyl (C=O) groups excluding carboxylic acids is 2. The number of hydrogen-bond acceptors (Lipinski definition) is 7. The third-order valence-electron chi connectivity index (χ3n) is 7.54. The van der Waals surface area contributed by atoms with Crippen LogP contribution in [0.5, 0.6) is 23.0 Å². The first-order valence-electron chi connectivity index (χ1n) is 13.1. The molecule has 0 unspecified atom stereocenters. The lowest BCUT2D eigenvalue weighted by molar-refractivity contribution is -0.170. The van der Waals surface area contributed by atoms with E-state index in [4.69, 9.17) is 18.9 Å². The van der Waals surface area contributed by atoms with Gasteiger partial charge in [-0.3, -0.25) is 14.5 Å². The lowest BCUT2D eigenvalue weighted by Crippen LogP contribution is -2.45. The van der Waals surface area contributed by atoms with E-state index in [0.717, 1.165) is 5.56 Å². The third kappa shape index (κ3) is 5.10. The monoisotopic (exact) mass is 582 g/mol. The predicted molar refractivity (Wildman–Crippen MR) is 149 cm³/mol. The standard InChI is InChI=1S/C31H29F3N2O6/c1-39-20-11-9-17(10-12-20)18-13-22-27(24(37)14-18)28(19-15-25(40-2)29(42-4)26(16-19)41-3)36(30(38)31(32,33)34)23-8-6-5-7-21(23)35-22/h5-12,15-16,18,28,35H,13-14H2,1-4H3/t18-,28-/m0/s1. The Labute approximate surface area is 240 Å². The molecule has 1 heterocycles. The zero-order valence-corrected chi connectivity index (χ0v) is 23.4. The van der Waals surface area contributed by atoms with Gasteiger partial charge in [0.25, 0.3) is 0 Å². The molecule has 0 fully saturated rings. The van der Waals surface area contributed by atoms with Gasteiger partial charge in [-0.05, 0) is 59.9 Å². The molecular formula is C31H29F3N2O6. The van der Waals surface area contributed by atoms with Crippen molar-refractivity contribution in [2.75, 3.05) is 38.7 Å². The van der Waals surface area contributed by atoms with E-state index >= 15 is 0 Å². The van der Waals surface area contributed by atoms with E-state index in [1.165, 1.54) is 45.6 Å². The number of allylic oxidation sites excluding steroid dienone is 1. The zero-order chi connectivity index (χ0) is 30.2. The fraction of sp³-hybridized carbons (Fsp3) is 0.290. The molecule has 1 N–H and O–H groups in total. The summed E-state index contributed by atoms with van der Waals surface area (Å²) in [4.78, 5) is 27.9. The molecule has 2 atom stereocenters. The number of benzene rings is 3. The average Bonchev–Trinajstić information content (AvgIpc) is 3.14. The molecule has 8 nitrogen and oxygen atoms in total. The van der Waals surface area contributed by atoms with Gasteiger partial charge in [0.15, 0.2) is 17.3 Å². The number of rotatable bonds is 6. The van der Waals surface area contributed by atoms with E-state index in [-0.39, 0.29) is 52.1 Å². The number of alkyl halides is 3. The second-order valence-electron chi connectivity index (χ2n) is 9.87. The largest absolute Gasteiger partial charge is 0.497 e. The molecule has 1 aliphatic carbocycles. The first-order chi connectivity index (χ1) is 20.1. The number of methoxy groups -OCH3 is 4. The summed E-state index contributed by atoms with van der Waals surface area (Å²) in [7, 11) is 5.70. The molecule has 0 spiro atoms. The molecule has 0 aromatic heterocycles. The van der Waals surface area contributed by atoms with Crippen LogP contribution in [0.3, 0.4) is 0 Å². The molecule has 0 radical (unpaired) electrons. The summed E-state index contributed by atoms with van der Waals surface area (Å²) >= 11 is 0. The van der Waals surface area contributed by atoms with Gasteiger partial charge < -0.3 is 24.3 Å². The fourth-order valence-corrected chi connectivity index (χ4v) is 5.64. The molecule has 5 rings (SSSR count). The number of ether oxygens (including phenoxy) is 4. The minimum atomic E-state index is -5.24. The smallest absolute Gasteiger partial charge is 0.471 e. The second-order valence-corrected chi connectivity index (χ2v) is 9.87. The van der Waals surface area contributed by atoms with E-state index in [0.29, 0.717) is 22.8 Å². The summed E-state index contributed by atoms with van der Waals surface area (Å²) in [6.07, 6.45) is -4.89. The Hall–Kier alpha value is -4.67. The quantitative estimate of drug-likeness (QED) is 0.371. The Morgan fingerprint density at radius 1 is 0.857 bits per heavy atom. The van der Waals surface area contributed by atoms with Crippen molar-refractivity contribution in [3.05, 3.63) is 83.1 Å². The number of fused-ring (bicyclic) bond motifs is 1. The first kappa shape index (κ1) is 28.8. The maximum Gasteiger partial charge on any atom is 0.471 e. The highest BCUT2D eigenvalue weighted by Crippen LogP contribution is 2.50. The van der Waals surface area contributed by atoms with Gasteiger partial charge in [-0.15, -0.1) is 0 Å². The molecule has 1 amide bonds. The SMILES string of the molecule is COc1ccc([C@@H]2CC(=O)C3=C(C2)Nc2ccccc2N(C(=O)C(F)(F)F)[C@H]3c2cc(OC)c(OC)c(OC)c2)cc1. The number of hydrogen-bond donors (Lipinski definition) is 1. The summed E-state index contributed by atoms with van der Waals surface area (Å²) in [6.45, 7) is 0. The van der Waals surface area contributed by atoms with Gasteiger partial charge >= 0.3 is 12.1 Å². The van der Waals surface area contributed by atoms with Crippen LogP contribution in [-0.4, -0.2) is 46.3 Å². The summed E-state index contributed by atoms with van der Waals surface area (Å²) in [5, 5.41) is 3.22. The number of halogens is 3. The number of nitrogens with zero attached hydrogens (tertiary/aromatic N) is 1. The summed E-state index contributed by atoms with van der Waals surface area (Å²) < 4.78 is 64.3. The Morgan fingerprint density at radius 2 is 1.50 bits per heavy atom. The van der Waals surface area contributed by atoms with E-state index in [1.807, 2.05) is 12.1 Å². The Morgan fingerprint density at radius 3 is 2.07 bits per heavy atom. The number of amides is 1. The lowest BCUT2D eigenvalue weighted by Gasteiger charge is -2.35. The summed E-state index contributed by atoms with van der Waals surface area (Å²) in [6, 6.07) is 15.0. The number of para-hydroxylation sites is 2. The van der Waals surface area contributed by atoms with Gasteiger partial charge in [0.1, 0.15) is 5.75 Å². The second kappa shape index (κ2) is 11.3. The van der Waals surface area contributed by atoms with E-state index in [1.54, 1.807) is 31.4 Å². The predicted octanol–water partition coefficient (Wildman–Crippen LogP) is 6.18. The number of anilines is 2. The maximum absolute atomic E-state index is 14.2. The van der Waals surface area contributed by atoms with Gasteiger partial charge in [-0.25, -0.2) is 0 Å². The van der Waals surface area contributed by atoms with Gasteiger partial charge in [0, 0.05) is 17.7 Å². The van der Waals surface area contributed by atoms with Crippen LogP contribution in [-0.2, 0) is 9.59 Å². The van der Waals surface area contributed by atoms with Crippen molar-refractivity contribution in [2.24, 2.45) is 0 Å². The van der Waals surface area contributed by atoms with Crippen LogP contribution in [0.25, 0.3) is 0 Å². The molecule has 0 saturated heterocycles. The molecule has 2 aliphatic rings. The fourth-order valence-electron chi connectivity index (χ4n) is 5.64. The molecule has 1 aliphatic heterocycles. The van der Waals surface area contributed by atoms with Crippen LogP contribution in [0.15, 0.2) is 71.9 Å². The molecule has 0 bridgehead atoms. The van der Waals surface area contributed by atoms with Crippen molar-refractivity contribution in [2.45, 2.75) is 31.0 Å². The van der Waals surface area contributed by atoms with Crippen LogP contribution in [0.2, 0.25) is 0 Å².